The lowest BCUT2D eigenvalue weighted by Crippen LogP contribution is -2.12. The predicted octanol–water partition coefficient (Wildman–Crippen LogP) is 2.58. The van der Waals surface area contributed by atoms with E-state index in [-0.39, 0.29) is 0 Å². The highest BCUT2D eigenvalue weighted by Gasteiger charge is 1.98. The molecule has 2 rings (SSSR count). The van der Waals surface area contributed by atoms with Crippen LogP contribution in [0, 0.1) is 6.92 Å². The Morgan fingerprint density at radius 2 is 2.18 bits per heavy atom. The number of nitrogens with one attached hydrogen (secondary N) is 1. The van der Waals surface area contributed by atoms with E-state index in [1.165, 1.54) is 16.7 Å². The number of benzene rings is 1. The van der Waals surface area contributed by atoms with E-state index in [2.05, 4.69) is 48.2 Å². The molecule has 2 aromatic rings. The van der Waals surface area contributed by atoms with Crippen LogP contribution in [0.1, 0.15) is 16.7 Å². The molecule has 0 radical (unpaired) electrons. The van der Waals surface area contributed by atoms with E-state index in [1.54, 1.807) is 10.9 Å². The Morgan fingerprint density at radius 3 is 2.88 bits per heavy atom. The van der Waals surface area contributed by atoms with Crippen LogP contribution >= 0.6 is 0 Å². The van der Waals surface area contributed by atoms with Crippen LogP contribution in [-0.2, 0) is 13.1 Å². The first kappa shape index (κ1) is 11.6. The van der Waals surface area contributed by atoms with Crippen LogP contribution in [0.5, 0.6) is 0 Å². The molecule has 3 heteroatoms. The van der Waals surface area contributed by atoms with E-state index in [4.69, 9.17) is 0 Å². The highest BCUT2D eigenvalue weighted by molar-refractivity contribution is 5.25. The molecule has 0 atom stereocenters. The molecule has 3 nitrogen and oxygen atoms in total. The van der Waals surface area contributed by atoms with Crippen LogP contribution in [-0.4, -0.2) is 9.78 Å². The second-order valence-corrected chi connectivity index (χ2v) is 4.04. The van der Waals surface area contributed by atoms with E-state index in [1.807, 2.05) is 12.4 Å². The maximum absolute atomic E-state index is 4.14. The van der Waals surface area contributed by atoms with E-state index in [0.29, 0.717) is 0 Å². The fraction of sp³-hybridized carbons (Fsp3) is 0.214. The quantitative estimate of drug-likeness (QED) is 0.850. The van der Waals surface area contributed by atoms with Crippen molar-refractivity contribution < 1.29 is 0 Å². The van der Waals surface area contributed by atoms with Gasteiger partial charge in [0.15, 0.2) is 0 Å². The van der Waals surface area contributed by atoms with Crippen molar-refractivity contribution in [2.24, 2.45) is 0 Å². The van der Waals surface area contributed by atoms with Gasteiger partial charge >= 0.3 is 0 Å². The summed E-state index contributed by atoms with van der Waals surface area (Å²) in [7, 11) is 0. The van der Waals surface area contributed by atoms with Gasteiger partial charge in [-0.2, -0.15) is 5.10 Å². The van der Waals surface area contributed by atoms with Crippen molar-refractivity contribution in [2.75, 3.05) is 0 Å². The molecular weight excluding hydrogens is 210 g/mol. The van der Waals surface area contributed by atoms with Crippen molar-refractivity contribution in [1.82, 2.24) is 15.1 Å². The van der Waals surface area contributed by atoms with Crippen LogP contribution < -0.4 is 5.32 Å². The minimum Gasteiger partial charge on any atom is -0.308 e. The Labute approximate surface area is 102 Å². The number of aromatic nitrogens is 2. The lowest BCUT2D eigenvalue weighted by atomic mass is 10.1. The van der Waals surface area contributed by atoms with Gasteiger partial charge < -0.3 is 5.32 Å². The standard InChI is InChI=1S/C14H17N3/c1-3-17-11-13(9-16-17)8-15-10-14-7-5-4-6-12(14)2/h3-7,9,11,15H,1,8,10H2,2H3. The number of nitrogens with zero attached hydrogens (tertiary/aromatic N) is 2. The van der Waals surface area contributed by atoms with Gasteiger partial charge in [-0.3, -0.25) is 0 Å². The molecule has 88 valence electrons. The molecule has 1 N–H and O–H groups in total. The van der Waals surface area contributed by atoms with Crippen molar-refractivity contribution in [3.05, 3.63) is 59.9 Å². The lowest BCUT2D eigenvalue weighted by molar-refractivity contribution is 0.690. The molecule has 0 aliphatic heterocycles. The third-order valence-electron chi connectivity index (χ3n) is 2.75. The van der Waals surface area contributed by atoms with Crippen LogP contribution in [0.3, 0.4) is 0 Å². The molecule has 0 saturated heterocycles. The Hall–Kier alpha value is -1.87. The summed E-state index contributed by atoms with van der Waals surface area (Å²) < 4.78 is 1.71. The fourth-order valence-electron chi connectivity index (χ4n) is 1.72. The molecule has 1 heterocycles. The lowest BCUT2D eigenvalue weighted by Gasteiger charge is -2.06. The topological polar surface area (TPSA) is 29.9 Å². The first-order chi connectivity index (χ1) is 8.29. The molecule has 1 aromatic heterocycles. The third-order valence-corrected chi connectivity index (χ3v) is 2.75. The van der Waals surface area contributed by atoms with Crippen molar-refractivity contribution >= 4 is 6.20 Å². The van der Waals surface area contributed by atoms with Gasteiger partial charge in [0.25, 0.3) is 0 Å². The highest BCUT2D eigenvalue weighted by Crippen LogP contribution is 2.06. The van der Waals surface area contributed by atoms with Crippen molar-refractivity contribution in [1.29, 1.82) is 0 Å². The van der Waals surface area contributed by atoms with Gasteiger partial charge in [0.05, 0.1) is 6.20 Å². The zero-order chi connectivity index (χ0) is 12.1. The molecular formula is C14H17N3. The summed E-state index contributed by atoms with van der Waals surface area (Å²) in [4.78, 5) is 0. The Kier molecular flexibility index (Phi) is 3.73. The summed E-state index contributed by atoms with van der Waals surface area (Å²) in [6.07, 6.45) is 5.51. The average Bonchev–Trinajstić information content (AvgIpc) is 2.80. The van der Waals surface area contributed by atoms with E-state index < -0.39 is 0 Å². The van der Waals surface area contributed by atoms with E-state index in [0.717, 1.165) is 13.1 Å². The summed E-state index contributed by atoms with van der Waals surface area (Å²) in [5.74, 6) is 0. The summed E-state index contributed by atoms with van der Waals surface area (Å²) in [6, 6.07) is 8.41. The molecule has 1 aromatic carbocycles. The highest BCUT2D eigenvalue weighted by atomic mass is 15.2. The number of aryl methyl sites for hydroxylation is 1. The zero-order valence-electron chi connectivity index (χ0n) is 10.1. The molecule has 0 amide bonds. The Bertz CT molecular complexity index is 500. The summed E-state index contributed by atoms with van der Waals surface area (Å²) in [5, 5.41) is 7.55. The summed E-state index contributed by atoms with van der Waals surface area (Å²) in [5.41, 5.74) is 3.82. The third kappa shape index (κ3) is 3.04. The number of hydrogen-bond acceptors (Lipinski definition) is 2. The van der Waals surface area contributed by atoms with E-state index in [9.17, 15) is 0 Å². The van der Waals surface area contributed by atoms with Gasteiger partial charge in [-0.05, 0) is 18.1 Å². The number of rotatable bonds is 5. The number of hydrogen-bond donors (Lipinski definition) is 1. The van der Waals surface area contributed by atoms with Crippen LogP contribution in [0.2, 0.25) is 0 Å². The van der Waals surface area contributed by atoms with Crippen molar-refractivity contribution in [3.8, 4) is 0 Å². The van der Waals surface area contributed by atoms with Gasteiger partial charge in [0.2, 0.25) is 0 Å². The van der Waals surface area contributed by atoms with Crippen LogP contribution in [0.4, 0.5) is 0 Å². The average molecular weight is 227 g/mol. The Morgan fingerprint density at radius 1 is 1.35 bits per heavy atom. The molecule has 0 saturated carbocycles. The molecule has 0 bridgehead atoms. The van der Waals surface area contributed by atoms with Gasteiger partial charge in [0, 0.05) is 31.0 Å². The normalized spacial score (nSPS) is 10.4. The molecule has 0 fully saturated rings. The van der Waals surface area contributed by atoms with Gasteiger partial charge in [-0.1, -0.05) is 30.8 Å². The smallest absolute Gasteiger partial charge is 0.0538 e. The first-order valence-electron chi connectivity index (χ1n) is 5.70. The second-order valence-electron chi connectivity index (χ2n) is 4.04. The minimum atomic E-state index is 0.822. The molecule has 0 aliphatic carbocycles. The summed E-state index contributed by atoms with van der Waals surface area (Å²) in [6.45, 7) is 7.50. The zero-order valence-corrected chi connectivity index (χ0v) is 10.1. The SMILES string of the molecule is C=Cn1cc(CNCc2ccccc2C)cn1. The van der Waals surface area contributed by atoms with Gasteiger partial charge in [-0.15, -0.1) is 0 Å². The molecule has 0 spiro atoms. The largest absolute Gasteiger partial charge is 0.308 e. The maximum Gasteiger partial charge on any atom is 0.0538 e. The van der Waals surface area contributed by atoms with Crippen molar-refractivity contribution in [3.63, 3.8) is 0 Å². The second kappa shape index (κ2) is 5.46. The molecule has 0 aliphatic rings. The molecule has 17 heavy (non-hydrogen) atoms. The Balaban J connectivity index is 1.87. The van der Waals surface area contributed by atoms with Crippen LogP contribution in [0.25, 0.3) is 6.20 Å². The minimum absolute atomic E-state index is 0.822. The first-order valence-corrected chi connectivity index (χ1v) is 5.70. The van der Waals surface area contributed by atoms with Crippen LogP contribution in [0.15, 0.2) is 43.2 Å². The monoisotopic (exact) mass is 227 g/mol. The maximum atomic E-state index is 4.14. The fourth-order valence-corrected chi connectivity index (χ4v) is 1.72. The van der Waals surface area contributed by atoms with Crippen molar-refractivity contribution in [2.45, 2.75) is 20.0 Å². The molecule has 0 unspecified atom stereocenters. The summed E-state index contributed by atoms with van der Waals surface area (Å²) >= 11 is 0. The van der Waals surface area contributed by atoms with E-state index >= 15 is 0 Å². The van der Waals surface area contributed by atoms with Gasteiger partial charge in [0.1, 0.15) is 0 Å². The predicted molar refractivity (Wildman–Crippen MR) is 70.3 cm³/mol. The van der Waals surface area contributed by atoms with Gasteiger partial charge in [-0.25, -0.2) is 4.68 Å².